The zero-order valence-corrected chi connectivity index (χ0v) is 15.0. The highest BCUT2D eigenvalue weighted by molar-refractivity contribution is 7.90. The molecule has 1 aromatic rings. The van der Waals surface area contributed by atoms with Gasteiger partial charge in [0.1, 0.15) is 0 Å². The second kappa shape index (κ2) is 8.17. The molecule has 0 amide bonds. The minimum absolute atomic E-state index is 0.231. The zero-order chi connectivity index (χ0) is 16.8. The fourth-order valence-electron chi connectivity index (χ4n) is 2.20. The molecule has 0 saturated carbocycles. The smallest absolute Gasteiger partial charge is 0.285 e. The minimum Gasteiger partial charge on any atom is -0.342 e. The van der Waals surface area contributed by atoms with Crippen molar-refractivity contribution in [3.8, 4) is 0 Å². The fourth-order valence-corrected chi connectivity index (χ4v) is 3.23. The van der Waals surface area contributed by atoms with Gasteiger partial charge in [0.05, 0.1) is 4.90 Å². The average molecular weight is 325 g/mol. The van der Waals surface area contributed by atoms with E-state index in [1.54, 1.807) is 24.3 Å². The average Bonchev–Trinajstić information content (AvgIpc) is 2.49. The third kappa shape index (κ3) is 4.47. The SMILES string of the molecule is CCN(CC)C(=NS(=O)(=O)c1ccc(C)cc1)N(CC)CC. The molecular formula is C16H27N3O2S. The number of hydrogen-bond acceptors (Lipinski definition) is 2. The van der Waals surface area contributed by atoms with Crippen molar-refractivity contribution >= 4 is 16.0 Å². The van der Waals surface area contributed by atoms with E-state index in [1.807, 2.05) is 44.4 Å². The summed E-state index contributed by atoms with van der Waals surface area (Å²) < 4.78 is 29.3. The maximum Gasteiger partial charge on any atom is 0.285 e. The van der Waals surface area contributed by atoms with Crippen LogP contribution in [0.2, 0.25) is 0 Å². The summed E-state index contributed by atoms with van der Waals surface area (Å²) in [6, 6.07) is 6.79. The molecule has 0 aliphatic heterocycles. The maximum atomic E-state index is 12.6. The molecule has 0 atom stereocenters. The first-order valence-corrected chi connectivity index (χ1v) is 9.25. The molecule has 0 heterocycles. The Kier molecular flexibility index (Phi) is 6.87. The van der Waals surface area contributed by atoms with Gasteiger partial charge in [-0.3, -0.25) is 0 Å². The topological polar surface area (TPSA) is 53.0 Å². The lowest BCUT2D eigenvalue weighted by atomic mass is 10.2. The number of guanidine groups is 1. The summed E-state index contributed by atoms with van der Waals surface area (Å²) in [5.74, 6) is 0.524. The van der Waals surface area contributed by atoms with Crippen LogP contribution in [-0.4, -0.2) is 50.4 Å². The predicted octanol–water partition coefficient (Wildman–Crippen LogP) is 2.72. The van der Waals surface area contributed by atoms with Crippen LogP contribution in [-0.2, 0) is 10.0 Å². The van der Waals surface area contributed by atoms with E-state index in [0.717, 1.165) is 31.7 Å². The Balaban J connectivity index is 3.32. The maximum absolute atomic E-state index is 12.6. The van der Waals surface area contributed by atoms with Gasteiger partial charge in [0.15, 0.2) is 0 Å². The van der Waals surface area contributed by atoms with Crippen molar-refractivity contribution < 1.29 is 8.42 Å². The molecule has 0 aliphatic rings. The molecule has 1 aromatic carbocycles. The van der Waals surface area contributed by atoms with Crippen molar-refractivity contribution in [1.29, 1.82) is 0 Å². The normalized spacial score (nSPS) is 11.1. The first-order chi connectivity index (χ1) is 10.4. The summed E-state index contributed by atoms with van der Waals surface area (Å²) in [4.78, 5) is 4.17. The van der Waals surface area contributed by atoms with Gasteiger partial charge in [-0.1, -0.05) is 17.7 Å². The molecule has 1 rings (SSSR count). The molecule has 124 valence electrons. The molecule has 0 aliphatic carbocycles. The number of nitrogens with zero attached hydrogens (tertiary/aromatic N) is 3. The number of sulfonamides is 1. The number of benzene rings is 1. The van der Waals surface area contributed by atoms with Crippen molar-refractivity contribution in [2.75, 3.05) is 26.2 Å². The lowest BCUT2D eigenvalue weighted by Gasteiger charge is -2.31. The Morgan fingerprint density at radius 2 is 1.32 bits per heavy atom. The molecule has 0 spiro atoms. The third-order valence-electron chi connectivity index (χ3n) is 3.61. The van der Waals surface area contributed by atoms with Crippen LogP contribution in [0.15, 0.2) is 33.6 Å². The molecular weight excluding hydrogens is 298 g/mol. The molecule has 6 heteroatoms. The summed E-state index contributed by atoms with van der Waals surface area (Å²) in [5, 5.41) is 0. The Bertz CT molecular complexity index is 572. The Labute approximate surface area is 134 Å². The molecule has 22 heavy (non-hydrogen) atoms. The molecule has 0 aromatic heterocycles. The summed E-state index contributed by atoms with van der Waals surface area (Å²) in [7, 11) is -3.70. The van der Waals surface area contributed by atoms with Gasteiger partial charge in [0.2, 0.25) is 5.96 Å². The highest BCUT2D eigenvalue weighted by Gasteiger charge is 2.20. The van der Waals surface area contributed by atoms with E-state index < -0.39 is 10.0 Å². The second-order valence-corrected chi connectivity index (χ2v) is 6.63. The first-order valence-electron chi connectivity index (χ1n) is 7.81. The van der Waals surface area contributed by atoms with Crippen molar-refractivity contribution in [3.63, 3.8) is 0 Å². The largest absolute Gasteiger partial charge is 0.342 e. The summed E-state index contributed by atoms with van der Waals surface area (Å²) in [5.41, 5.74) is 1.02. The third-order valence-corrected chi connectivity index (χ3v) is 4.88. The van der Waals surface area contributed by atoms with Crippen LogP contribution in [0.3, 0.4) is 0 Å². The summed E-state index contributed by atoms with van der Waals surface area (Å²) >= 11 is 0. The molecule has 0 fully saturated rings. The van der Waals surface area contributed by atoms with E-state index >= 15 is 0 Å². The molecule has 5 nitrogen and oxygen atoms in total. The standard InChI is InChI=1S/C16H27N3O2S/c1-6-18(7-2)16(19(8-3)9-4)17-22(20,21)15-12-10-14(5)11-13-15/h10-13H,6-9H2,1-5H3. The van der Waals surface area contributed by atoms with Crippen LogP contribution in [0.1, 0.15) is 33.3 Å². The van der Waals surface area contributed by atoms with Gasteiger partial charge >= 0.3 is 0 Å². The van der Waals surface area contributed by atoms with Crippen molar-refractivity contribution in [1.82, 2.24) is 9.80 Å². The van der Waals surface area contributed by atoms with E-state index in [1.165, 1.54) is 0 Å². The van der Waals surface area contributed by atoms with Gasteiger partial charge in [0.25, 0.3) is 10.0 Å². The van der Waals surface area contributed by atoms with Crippen molar-refractivity contribution in [2.45, 2.75) is 39.5 Å². The first kappa shape index (κ1) is 18.5. The van der Waals surface area contributed by atoms with Crippen LogP contribution >= 0.6 is 0 Å². The van der Waals surface area contributed by atoms with E-state index in [-0.39, 0.29) is 4.90 Å². The Morgan fingerprint density at radius 3 is 1.68 bits per heavy atom. The lowest BCUT2D eigenvalue weighted by molar-refractivity contribution is 0.352. The number of hydrogen-bond donors (Lipinski definition) is 0. The summed E-state index contributed by atoms with van der Waals surface area (Å²) in [6.07, 6.45) is 0. The Hall–Kier alpha value is -1.56. The van der Waals surface area contributed by atoms with Gasteiger partial charge in [-0.05, 0) is 46.8 Å². The second-order valence-electron chi connectivity index (χ2n) is 5.02. The van der Waals surface area contributed by atoms with Gasteiger partial charge in [-0.25, -0.2) is 0 Å². The lowest BCUT2D eigenvalue weighted by Crippen LogP contribution is -2.44. The highest BCUT2D eigenvalue weighted by Crippen LogP contribution is 2.15. The van der Waals surface area contributed by atoms with Crippen molar-refractivity contribution in [3.05, 3.63) is 29.8 Å². The highest BCUT2D eigenvalue weighted by atomic mass is 32.2. The van der Waals surface area contributed by atoms with Gasteiger partial charge in [-0.15, -0.1) is 4.40 Å². The monoisotopic (exact) mass is 325 g/mol. The van der Waals surface area contributed by atoms with Crippen LogP contribution in [0.25, 0.3) is 0 Å². The Morgan fingerprint density at radius 1 is 0.909 bits per heavy atom. The van der Waals surface area contributed by atoms with Gasteiger partial charge in [0, 0.05) is 26.2 Å². The van der Waals surface area contributed by atoms with Crippen LogP contribution in [0, 0.1) is 6.92 Å². The van der Waals surface area contributed by atoms with Crippen molar-refractivity contribution in [2.24, 2.45) is 4.40 Å². The minimum atomic E-state index is -3.70. The van der Waals surface area contributed by atoms with E-state index in [9.17, 15) is 8.42 Å². The number of aryl methyl sites for hydroxylation is 1. The molecule has 0 unspecified atom stereocenters. The van der Waals surface area contributed by atoms with Crippen LogP contribution < -0.4 is 0 Å². The number of rotatable bonds is 6. The summed E-state index contributed by atoms with van der Waals surface area (Å²) in [6.45, 7) is 12.8. The zero-order valence-electron chi connectivity index (χ0n) is 14.2. The molecule has 0 saturated heterocycles. The fraction of sp³-hybridized carbons (Fsp3) is 0.562. The van der Waals surface area contributed by atoms with E-state index in [4.69, 9.17) is 0 Å². The molecule has 0 bridgehead atoms. The van der Waals surface area contributed by atoms with Gasteiger partial charge < -0.3 is 9.80 Å². The molecule has 0 radical (unpaired) electrons. The predicted molar refractivity (Wildman–Crippen MR) is 91.6 cm³/mol. The van der Waals surface area contributed by atoms with Crippen LogP contribution in [0.4, 0.5) is 0 Å². The van der Waals surface area contributed by atoms with E-state index in [0.29, 0.717) is 5.96 Å². The molecule has 0 N–H and O–H groups in total. The van der Waals surface area contributed by atoms with E-state index in [2.05, 4.69) is 4.40 Å². The quantitative estimate of drug-likeness (QED) is 0.596. The van der Waals surface area contributed by atoms with Gasteiger partial charge in [-0.2, -0.15) is 8.42 Å². The van der Waals surface area contributed by atoms with Crippen LogP contribution in [0.5, 0.6) is 0 Å².